The van der Waals surface area contributed by atoms with Crippen molar-refractivity contribution in [3.05, 3.63) is 54.9 Å². The zero-order valence-electron chi connectivity index (χ0n) is 18.0. The standard InChI is InChI=1S/C25H27N5O2/c26-18-8-11-29(12-9-18)23-3-1-2-17-4-7-24(28-25(17)23)30-16-27-21-14-19(5-6-22(21)30)32-20-10-13-31-15-20/h1-7,14,16,18,20H,8-13,15,26H2/t20-/m1/s1. The summed E-state index contributed by atoms with van der Waals surface area (Å²) in [4.78, 5) is 12.1. The van der Waals surface area contributed by atoms with Crippen LogP contribution in [0, 0.1) is 0 Å². The van der Waals surface area contributed by atoms with Gasteiger partial charge in [-0.25, -0.2) is 9.97 Å². The fraction of sp³-hybridized carbons (Fsp3) is 0.360. The van der Waals surface area contributed by atoms with Gasteiger partial charge in [0.2, 0.25) is 0 Å². The third kappa shape index (κ3) is 3.57. The molecular formula is C25H27N5O2. The first-order valence-corrected chi connectivity index (χ1v) is 11.4. The second-order valence-electron chi connectivity index (χ2n) is 8.71. The van der Waals surface area contributed by atoms with E-state index in [-0.39, 0.29) is 6.10 Å². The van der Waals surface area contributed by atoms with E-state index in [1.165, 1.54) is 5.69 Å². The Kier molecular flexibility index (Phi) is 4.92. The zero-order valence-corrected chi connectivity index (χ0v) is 18.0. The highest BCUT2D eigenvalue weighted by Crippen LogP contribution is 2.30. The smallest absolute Gasteiger partial charge is 0.139 e. The number of hydrogen-bond acceptors (Lipinski definition) is 6. The molecule has 4 aromatic rings. The number of hydrogen-bond donors (Lipinski definition) is 1. The number of imidazole rings is 1. The molecule has 0 spiro atoms. The van der Waals surface area contributed by atoms with Crippen molar-refractivity contribution in [1.29, 1.82) is 0 Å². The summed E-state index contributed by atoms with van der Waals surface area (Å²) in [6, 6.07) is 16.9. The minimum absolute atomic E-state index is 0.124. The molecule has 7 nitrogen and oxygen atoms in total. The fourth-order valence-electron chi connectivity index (χ4n) is 4.70. The Balaban J connectivity index is 1.35. The average molecular weight is 430 g/mol. The summed E-state index contributed by atoms with van der Waals surface area (Å²) in [5.41, 5.74) is 10.2. The van der Waals surface area contributed by atoms with Crippen LogP contribution in [0.15, 0.2) is 54.9 Å². The normalized spacial score (nSPS) is 19.8. The summed E-state index contributed by atoms with van der Waals surface area (Å²) in [6.45, 7) is 3.35. The van der Waals surface area contributed by atoms with E-state index in [0.717, 1.165) is 72.5 Å². The summed E-state index contributed by atoms with van der Waals surface area (Å²) in [5, 5.41) is 1.14. The molecule has 4 heterocycles. The molecule has 2 aliphatic heterocycles. The lowest BCUT2D eigenvalue weighted by atomic mass is 10.0. The molecule has 164 valence electrons. The quantitative estimate of drug-likeness (QED) is 0.533. The Morgan fingerprint density at radius 3 is 2.78 bits per heavy atom. The Bertz CT molecular complexity index is 1260. The molecule has 0 radical (unpaired) electrons. The van der Waals surface area contributed by atoms with Gasteiger partial charge in [-0.05, 0) is 43.2 Å². The van der Waals surface area contributed by atoms with Crippen molar-refractivity contribution in [3.63, 3.8) is 0 Å². The molecule has 32 heavy (non-hydrogen) atoms. The van der Waals surface area contributed by atoms with Crippen LogP contribution in [0.4, 0.5) is 5.69 Å². The molecule has 0 aliphatic carbocycles. The van der Waals surface area contributed by atoms with Crippen molar-refractivity contribution < 1.29 is 9.47 Å². The highest BCUT2D eigenvalue weighted by atomic mass is 16.5. The molecule has 2 fully saturated rings. The minimum atomic E-state index is 0.124. The molecule has 0 unspecified atom stereocenters. The Morgan fingerprint density at radius 1 is 1.03 bits per heavy atom. The van der Waals surface area contributed by atoms with Gasteiger partial charge in [0.1, 0.15) is 24.0 Å². The van der Waals surface area contributed by atoms with E-state index in [1.807, 2.05) is 23.0 Å². The topological polar surface area (TPSA) is 78.4 Å². The Hall–Kier alpha value is -3.16. The summed E-state index contributed by atoms with van der Waals surface area (Å²) < 4.78 is 13.5. The predicted octanol–water partition coefficient (Wildman–Crippen LogP) is 3.67. The fourth-order valence-corrected chi connectivity index (χ4v) is 4.70. The van der Waals surface area contributed by atoms with Crippen LogP contribution in [0.5, 0.6) is 5.75 Å². The molecule has 2 aliphatic rings. The first-order chi connectivity index (χ1) is 15.7. The molecule has 2 saturated heterocycles. The van der Waals surface area contributed by atoms with Gasteiger partial charge >= 0.3 is 0 Å². The van der Waals surface area contributed by atoms with E-state index in [4.69, 9.17) is 20.2 Å². The Morgan fingerprint density at radius 2 is 1.94 bits per heavy atom. The van der Waals surface area contributed by atoms with E-state index in [1.54, 1.807) is 0 Å². The lowest BCUT2D eigenvalue weighted by Gasteiger charge is -2.32. The molecular weight excluding hydrogens is 402 g/mol. The predicted molar refractivity (Wildman–Crippen MR) is 126 cm³/mol. The van der Waals surface area contributed by atoms with Gasteiger partial charge in [0.15, 0.2) is 0 Å². The zero-order chi connectivity index (χ0) is 21.5. The summed E-state index contributed by atoms with van der Waals surface area (Å²) in [6.07, 6.45) is 4.92. The number of rotatable bonds is 4. The van der Waals surface area contributed by atoms with Gasteiger partial charge in [-0.15, -0.1) is 0 Å². The second kappa shape index (κ2) is 8.07. The van der Waals surface area contributed by atoms with Gasteiger partial charge in [0, 0.05) is 37.0 Å². The van der Waals surface area contributed by atoms with Crippen LogP contribution < -0.4 is 15.4 Å². The van der Waals surface area contributed by atoms with Crippen LogP contribution >= 0.6 is 0 Å². The first-order valence-electron chi connectivity index (χ1n) is 11.4. The van der Waals surface area contributed by atoms with E-state index in [2.05, 4.69) is 46.3 Å². The minimum Gasteiger partial charge on any atom is -0.488 e. The lowest BCUT2D eigenvalue weighted by Crippen LogP contribution is -2.39. The third-order valence-corrected chi connectivity index (χ3v) is 6.52. The number of nitrogens with two attached hydrogens (primary N) is 1. The monoisotopic (exact) mass is 429 g/mol. The van der Waals surface area contributed by atoms with E-state index in [0.29, 0.717) is 12.6 Å². The van der Waals surface area contributed by atoms with Gasteiger partial charge in [-0.3, -0.25) is 4.57 Å². The van der Waals surface area contributed by atoms with Gasteiger partial charge in [0.25, 0.3) is 0 Å². The number of pyridine rings is 1. The van der Waals surface area contributed by atoms with E-state index < -0.39 is 0 Å². The molecule has 2 aromatic carbocycles. The molecule has 0 amide bonds. The molecule has 0 saturated carbocycles. The molecule has 2 aromatic heterocycles. The van der Waals surface area contributed by atoms with Gasteiger partial charge in [-0.2, -0.15) is 0 Å². The van der Waals surface area contributed by atoms with Gasteiger partial charge < -0.3 is 20.1 Å². The van der Waals surface area contributed by atoms with Crippen LogP contribution in [-0.4, -0.2) is 53.0 Å². The third-order valence-electron chi connectivity index (χ3n) is 6.52. The van der Waals surface area contributed by atoms with Crippen LogP contribution in [0.2, 0.25) is 0 Å². The molecule has 7 heteroatoms. The van der Waals surface area contributed by atoms with E-state index in [9.17, 15) is 0 Å². The van der Waals surface area contributed by atoms with Crippen molar-refractivity contribution >= 4 is 27.6 Å². The SMILES string of the molecule is NC1CCN(c2cccc3ccc(-n4cnc5cc(O[C@@H]6CCOC6)ccc54)nc23)CC1. The number of aromatic nitrogens is 3. The van der Waals surface area contributed by atoms with E-state index >= 15 is 0 Å². The van der Waals surface area contributed by atoms with Gasteiger partial charge in [-0.1, -0.05) is 12.1 Å². The number of ether oxygens (including phenoxy) is 2. The van der Waals surface area contributed by atoms with Crippen molar-refractivity contribution in [2.24, 2.45) is 5.73 Å². The summed E-state index contributed by atoms with van der Waals surface area (Å²) in [7, 11) is 0. The van der Waals surface area contributed by atoms with Crippen molar-refractivity contribution in [2.75, 3.05) is 31.2 Å². The average Bonchev–Trinajstić information content (AvgIpc) is 3.49. The van der Waals surface area contributed by atoms with Crippen molar-refractivity contribution in [3.8, 4) is 11.6 Å². The number of para-hydroxylation sites is 1. The number of anilines is 1. The summed E-state index contributed by atoms with van der Waals surface area (Å²) >= 11 is 0. The summed E-state index contributed by atoms with van der Waals surface area (Å²) in [5.74, 6) is 1.69. The second-order valence-corrected chi connectivity index (χ2v) is 8.71. The van der Waals surface area contributed by atoms with Crippen molar-refractivity contribution in [2.45, 2.75) is 31.4 Å². The number of benzene rings is 2. The maximum absolute atomic E-state index is 6.12. The van der Waals surface area contributed by atoms with Crippen LogP contribution in [0.1, 0.15) is 19.3 Å². The Labute approximate surface area is 186 Å². The number of fused-ring (bicyclic) bond motifs is 2. The van der Waals surface area contributed by atoms with Crippen LogP contribution in [0.3, 0.4) is 0 Å². The number of nitrogens with zero attached hydrogens (tertiary/aromatic N) is 4. The molecule has 6 rings (SSSR count). The molecule has 0 bridgehead atoms. The van der Waals surface area contributed by atoms with Crippen LogP contribution in [-0.2, 0) is 4.74 Å². The maximum Gasteiger partial charge on any atom is 0.139 e. The van der Waals surface area contributed by atoms with Crippen molar-refractivity contribution in [1.82, 2.24) is 14.5 Å². The lowest BCUT2D eigenvalue weighted by molar-refractivity contribution is 0.141. The largest absolute Gasteiger partial charge is 0.488 e. The first kappa shape index (κ1) is 19.5. The maximum atomic E-state index is 6.12. The van der Waals surface area contributed by atoms with Gasteiger partial charge in [0.05, 0.1) is 35.5 Å². The number of piperidine rings is 1. The highest BCUT2D eigenvalue weighted by Gasteiger charge is 2.20. The molecule has 2 N–H and O–H groups in total. The van der Waals surface area contributed by atoms with Crippen LogP contribution in [0.25, 0.3) is 27.8 Å². The highest BCUT2D eigenvalue weighted by molar-refractivity contribution is 5.92. The molecule has 1 atom stereocenters.